The van der Waals surface area contributed by atoms with E-state index in [4.69, 9.17) is 14.0 Å². The van der Waals surface area contributed by atoms with Crippen molar-refractivity contribution in [2.45, 2.75) is 38.6 Å². The van der Waals surface area contributed by atoms with E-state index in [0.717, 1.165) is 17.4 Å². The van der Waals surface area contributed by atoms with E-state index in [2.05, 4.69) is 5.32 Å². The Morgan fingerprint density at radius 3 is 2.27 bits per heavy atom. The van der Waals surface area contributed by atoms with E-state index in [9.17, 15) is 13.2 Å². The van der Waals surface area contributed by atoms with E-state index in [-0.39, 0.29) is 22.5 Å². The molecule has 22 heavy (non-hydrogen) atoms. The summed E-state index contributed by atoms with van der Waals surface area (Å²) in [5, 5.41) is 7.78. The summed E-state index contributed by atoms with van der Waals surface area (Å²) in [7, 11) is -3.92. The van der Waals surface area contributed by atoms with Crippen molar-refractivity contribution in [3.8, 4) is 0 Å². The maximum atomic E-state index is 12.2. The monoisotopic (exact) mass is 326 g/mol. The average Bonchev–Trinajstić information content (AvgIpc) is 2.91. The minimum Gasteiger partial charge on any atom is -0.466 e. The van der Waals surface area contributed by atoms with Crippen molar-refractivity contribution in [2.75, 3.05) is 0 Å². The largest absolute Gasteiger partial charge is 0.466 e. The van der Waals surface area contributed by atoms with Crippen LogP contribution in [0.25, 0.3) is 0 Å². The van der Waals surface area contributed by atoms with Crippen LogP contribution in [-0.2, 0) is 10.0 Å². The second kappa shape index (κ2) is 5.62. The number of hydrogen-bond acceptors (Lipinski definition) is 5. The molecule has 3 N–H and O–H groups in total. The predicted molar refractivity (Wildman–Crippen MR) is 78.9 cm³/mol. The first-order valence-corrected chi connectivity index (χ1v) is 8.15. The van der Waals surface area contributed by atoms with Gasteiger partial charge in [-0.05, 0) is 33.8 Å². The Labute approximate surface area is 128 Å². The summed E-state index contributed by atoms with van der Waals surface area (Å²) in [6, 6.07) is 2.65. The molecule has 0 saturated carbocycles. The number of nitrogens with one attached hydrogen (secondary N) is 1. The number of nitrogens with two attached hydrogens (primary N) is 1. The quantitative estimate of drug-likeness (QED) is 0.890. The minimum absolute atomic E-state index is 0.0793. The van der Waals surface area contributed by atoms with Crippen molar-refractivity contribution in [1.82, 2.24) is 5.32 Å². The lowest BCUT2D eigenvalue weighted by atomic mass is 10.1. The standard InChI is InChI=1S/C14H18N2O5S/c1-7-5-11(9(3)20-7)8(2)16-14(17)12-6-13(10(4)21-12)22(15,18)19/h5-6,8H,1-4H3,(H,16,17)(H2,15,18,19). The average molecular weight is 326 g/mol. The van der Waals surface area contributed by atoms with Crippen molar-refractivity contribution >= 4 is 15.9 Å². The normalized spacial score (nSPS) is 13.1. The lowest BCUT2D eigenvalue weighted by molar-refractivity contribution is 0.0910. The Morgan fingerprint density at radius 1 is 1.18 bits per heavy atom. The van der Waals surface area contributed by atoms with Gasteiger partial charge in [-0.2, -0.15) is 0 Å². The lowest BCUT2D eigenvalue weighted by Gasteiger charge is -2.11. The molecule has 1 unspecified atom stereocenters. The Balaban J connectivity index is 2.21. The zero-order valence-corrected chi connectivity index (χ0v) is 13.6. The zero-order chi connectivity index (χ0) is 16.7. The molecular formula is C14H18N2O5S. The molecule has 7 nitrogen and oxygen atoms in total. The summed E-state index contributed by atoms with van der Waals surface area (Å²) < 4.78 is 33.3. The first-order chi connectivity index (χ1) is 10.1. The highest BCUT2D eigenvalue weighted by Gasteiger charge is 2.23. The van der Waals surface area contributed by atoms with Gasteiger partial charge in [0, 0.05) is 11.6 Å². The van der Waals surface area contributed by atoms with Crippen LogP contribution < -0.4 is 10.5 Å². The highest BCUT2D eigenvalue weighted by atomic mass is 32.2. The Morgan fingerprint density at radius 2 is 1.82 bits per heavy atom. The number of sulfonamides is 1. The van der Waals surface area contributed by atoms with Gasteiger partial charge in [-0.25, -0.2) is 13.6 Å². The van der Waals surface area contributed by atoms with Crippen molar-refractivity contribution in [3.63, 3.8) is 0 Å². The third-order valence-electron chi connectivity index (χ3n) is 3.30. The van der Waals surface area contributed by atoms with Gasteiger partial charge in [-0.3, -0.25) is 4.79 Å². The number of furan rings is 2. The molecule has 120 valence electrons. The first-order valence-electron chi connectivity index (χ1n) is 6.60. The van der Waals surface area contributed by atoms with Gasteiger partial charge in [0.2, 0.25) is 10.0 Å². The van der Waals surface area contributed by atoms with Gasteiger partial charge in [0.1, 0.15) is 22.2 Å². The summed E-state index contributed by atoms with van der Waals surface area (Å²) in [4.78, 5) is 12.0. The number of carbonyl (C=O) groups excluding carboxylic acids is 1. The highest BCUT2D eigenvalue weighted by molar-refractivity contribution is 7.89. The van der Waals surface area contributed by atoms with Crippen molar-refractivity contribution in [1.29, 1.82) is 0 Å². The van der Waals surface area contributed by atoms with E-state index in [1.165, 1.54) is 6.92 Å². The summed E-state index contributed by atoms with van der Waals surface area (Å²) in [5.41, 5.74) is 0.848. The topological polar surface area (TPSA) is 116 Å². The third kappa shape index (κ3) is 3.23. The third-order valence-corrected chi connectivity index (χ3v) is 4.31. The van der Waals surface area contributed by atoms with Crippen LogP contribution in [0.5, 0.6) is 0 Å². The zero-order valence-electron chi connectivity index (χ0n) is 12.8. The molecule has 0 radical (unpaired) electrons. The molecule has 2 heterocycles. The summed E-state index contributed by atoms with van der Waals surface area (Å²) in [6.45, 7) is 6.86. The van der Waals surface area contributed by atoms with E-state index in [1.54, 1.807) is 13.8 Å². The van der Waals surface area contributed by atoms with Crippen LogP contribution in [0.15, 0.2) is 25.9 Å². The molecular weight excluding hydrogens is 308 g/mol. The molecule has 0 fully saturated rings. The molecule has 1 amide bonds. The van der Waals surface area contributed by atoms with Crippen LogP contribution in [0.4, 0.5) is 0 Å². The summed E-state index contributed by atoms with van der Waals surface area (Å²) in [5.74, 6) is 0.913. The van der Waals surface area contributed by atoms with Gasteiger partial charge in [-0.1, -0.05) is 0 Å². The number of primary sulfonamides is 1. The van der Waals surface area contributed by atoms with Gasteiger partial charge in [-0.15, -0.1) is 0 Å². The van der Waals surface area contributed by atoms with E-state index in [1.807, 2.05) is 13.0 Å². The fraction of sp³-hybridized carbons (Fsp3) is 0.357. The molecule has 8 heteroatoms. The fourth-order valence-electron chi connectivity index (χ4n) is 2.29. The maximum Gasteiger partial charge on any atom is 0.287 e. The Hall–Kier alpha value is -2.06. The SMILES string of the molecule is Cc1cc(C(C)NC(=O)c2cc(S(N)(=O)=O)c(C)o2)c(C)o1. The number of hydrogen-bond donors (Lipinski definition) is 2. The summed E-state index contributed by atoms with van der Waals surface area (Å²) >= 11 is 0. The molecule has 2 aromatic rings. The number of aryl methyl sites for hydroxylation is 3. The second-order valence-electron chi connectivity index (χ2n) is 5.14. The lowest BCUT2D eigenvalue weighted by Crippen LogP contribution is -2.26. The van der Waals surface area contributed by atoms with Crippen LogP contribution in [0.3, 0.4) is 0 Å². The van der Waals surface area contributed by atoms with Gasteiger partial charge >= 0.3 is 0 Å². The number of carbonyl (C=O) groups is 1. The van der Waals surface area contributed by atoms with E-state index >= 15 is 0 Å². The minimum atomic E-state index is -3.92. The predicted octanol–water partition coefficient (Wildman–Crippen LogP) is 1.94. The smallest absolute Gasteiger partial charge is 0.287 e. The van der Waals surface area contributed by atoms with Gasteiger partial charge in [0.25, 0.3) is 5.91 Å². The van der Waals surface area contributed by atoms with Crippen molar-refractivity contribution in [3.05, 3.63) is 40.7 Å². The van der Waals surface area contributed by atoms with E-state index < -0.39 is 15.9 Å². The Bertz CT molecular complexity index is 816. The van der Waals surface area contributed by atoms with Crippen LogP contribution in [0.2, 0.25) is 0 Å². The van der Waals surface area contributed by atoms with Crippen LogP contribution in [0, 0.1) is 20.8 Å². The molecule has 2 rings (SSSR count). The van der Waals surface area contributed by atoms with Crippen LogP contribution >= 0.6 is 0 Å². The molecule has 0 saturated heterocycles. The molecule has 0 aromatic carbocycles. The summed E-state index contributed by atoms with van der Waals surface area (Å²) in [6.07, 6.45) is 0. The first kappa shape index (κ1) is 16.3. The number of amides is 1. The number of rotatable bonds is 4. The van der Waals surface area contributed by atoms with E-state index in [0.29, 0.717) is 5.76 Å². The highest BCUT2D eigenvalue weighted by Crippen LogP contribution is 2.23. The van der Waals surface area contributed by atoms with Gasteiger partial charge in [0.05, 0.1) is 6.04 Å². The van der Waals surface area contributed by atoms with Crippen molar-refractivity contribution in [2.24, 2.45) is 5.14 Å². The molecule has 0 aliphatic rings. The molecule has 1 atom stereocenters. The molecule has 0 bridgehead atoms. The molecule has 0 aliphatic carbocycles. The van der Waals surface area contributed by atoms with Gasteiger partial charge < -0.3 is 14.2 Å². The molecule has 0 spiro atoms. The van der Waals surface area contributed by atoms with Crippen LogP contribution in [0.1, 0.15) is 46.4 Å². The molecule has 0 aliphatic heterocycles. The van der Waals surface area contributed by atoms with Crippen LogP contribution in [-0.4, -0.2) is 14.3 Å². The Kier molecular flexibility index (Phi) is 4.17. The molecule has 2 aromatic heterocycles. The second-order valence-corrected chi connectivity index (χ2v) is 6.67. The maximum absolute atomic E-state index is 12.2. The fourth-order valence-corrected chi connectivity index (χ4v) is 3.00. The van der Waals surface area contributed by atoms with Gasteiger partial charge in [0.15, 0.2) is 5.76 Å². The van der Waals surface area contributed by atoms with Crippen molar-refractivity contribution < 1.29 is 22.0 Å².